The minimum Gasteiger partial charge on any atom is -0.394 e. The number of aliphatic hydroxyl groups is 3. The maximum atomic E-state index is 12.3. The van der Waals surface area contributed by atoms with E-state index in [1.54, 1.807) is 0 Å². The summed E-state index contributed by atoms with van der Waals surface area (Å²) in [6.45, 7) is -0.841. The van der Waals surface area contributed by atoms with Crippen molar-refractivity contribution in [2.75, 3.05) is 6.61 Å². The fourth-order valence-electron chi connectivity index (χ4n) is 2.11. The number of aromatic amines is 1. The predicted octanol–water partition coefficient (Wildman–Crippen LogP) is -1.92. The quantitative estimate of drug-likeness (QED) is 0.467. The van der Waals surface area contributed by atoms with E-state index >= 15 is 0 Å². The van der Waals surface area contributed by atoms with Crippen LogP contribution >= 0.6 is 0 Å². The molecule has 0 saturated carbocycles. The summed E-state index contributed by atoms with van der Waals surface area (Å²) >= 11 is 0. The molecule has 1 saturated heterocycles. The van der Waals surface area contributed by atoms with E-state index in [9.17, 15) is 33.0 Å². The van der Waals surface area contributed by atoms with Gasteiger partial charge in [0.15, 0.2) is 11.8 Å². The molecule has 11 heteroatoms. The van der Waals surface area contributed by atoms with Crippen molar-refractivity contribution in [3.63, 3.8) is 0 Å². The normalized spacial score (nSPS) is 30.8. The third kappa shape index (κ3) is 3.30. The van der Waals surface area contributed by atoms with Crippen LogP contribution in [0.2, 0.25) is 0 Å². The Morgan fingerprint density at radius 2 is 2.09 bits per heavy atom. The predicted molar refractivity (Wildman–Crippen MR) is 67.1 cm³/mol. The highest BCUT2D eigenvalue weighted by Gasteiger charge is 2.56. The van der Waals surface area contributed by atoms with Crippen LogP contribution in [0.15, 0.2) is 21.9 Å². The molecule has 2 rings (SSSR count). The number of ether oxygens (including phenoxy) is 1. The molecule has 0 spiro atoms. The van der Waals surface area contributed by atoms with Crippen molar-refractivity contribution in [2.45, 2.75) is 30.2 Å². The molecular weight excluding hydrogens is 325 g/mol. The lowest BCUT2D eigenvalue weighted by atomic mass is 9.94. The molecule has 1 aromatic rings. The molecule has 23 heavy (non-hydrogen) atoms. The van der Waals surface area contributed by atoms with Crippen LogP contribution in [0.25, 0.3) is 0 Å². The first-order valence-electron chi connectivity index (χ1n) is 6.18. The van der Waals surface area contributed by atoms with Gasteiger partial charge in [0.05, 0.1) is 6.61 Å². The van der Waals surface area contributed by atoms with Crippen molar-refractivity contribution in [1.82, 2.24) is 9.55 Å². The average molecular weight is 336 g/mol. The number of hydrogen-bond donors (Lipinski definition) is 4. The highest BCUT2D eigenvalue weighted by atomic mass is 19.4. The lowest BCUT2D eigenvalue weighted by molar-refractivity contribution is -0.0819. The number of nitrogens with zero attached hydrogens (tertiary/aromatic N) is 1. The molecule has 2 heterocycles. The second-order valence-electron chi connectivity index (χ2n) is 4.74. The maximum absolute atomic E-state index is 12.3. The molecule has 0 bridgehead atoms. The molecule has 4 atom stereocenters. The summed E-state index contributed by atoms with van der Waals surface area (Å²) in [5, 5.41) is 29.3. The number of H-pyrrole nitrogens is 1. The zero-order valence-corrected chi connectivity index (χ0v) is 11.2. The topological polar surface area (TPSA) is 125 Å². The van der Waals surface area contributed by atoms with Crippen molar-refractivity contribution in [1.29, 1.82) is 0 Å². The van der Waals surface area contributed by atoms with E-state index in [0.29, 0.717) is 4.57 Å². The van der Waals surface area contributed by atoms with Crippen LogP contribution < -0.4 is 11.2 Å². The summed E-state index contributed by atoms with van der Waals surface area (Å²) in [4.78, 5) is 24.6. The van der Waals surface area contributed by atoms with Gasteiger partial charge in [-0.25, -0.2) is 4.79 Å². The third-order valence-electron chi connectivity index (χ3n) is 3.17. The minimum absolute atomic E-state index is 0.561. The lowest BCUT2D eigenvalue weighted by Gasteiger charge is -2.26. The van der Waals surface area contributed by atoms with E-state index in [4.69, 9.17) is 9.84 Å². The molecule has 0 radical (unpaired) electrons. The first-order valence-corrected chi connectivity index (χ1v) is 6.18. The zero-order chi connectivity index (χ0) is 17.4. The summed E-state index contributed by atoms with van der Waals surface area (Å²) in [5.74, 6) is 2.25. The minimum atomic E-state index is -4.97. The Morgan fingerprint density at radius 3 is 2.61 bits per heavy atom. The van der Waals surface area contributed by atoms with Crippen molar-refractivity contribution >= 4 is 0 Å². The van der Waals surface area contributed by atoms with Gasteiger partial charge >= 0.3 is 11.9 Å². The number of aliphatic hydroxyl groups excluding tert-OH is 2. The Morgan fingerprint density at radius 1 is 1.43 bits per heavy atom. The van der Waals surface area contributed by atoms with Crippen LogP contribution in [-0.2, 0) is 4.74 Å². The van der Waals surface area contributed by atoms with Crippen LogP contribution in [0, 0.1) is 11.8 Å². The molecule has 1 fully saturated rings. The average Bonchev–Trinajstić information content (AvgIpc) is 2.69. The smallest absolute Gasteiger partial charge is 0.394 e. The molecule has 1 aliphatic rings. The number of nitrogens with one attached hydrogen (secondary N) is 1. The number of hydrogen-bond acceptors (Lipinski definition) is 6. The van der Waals surface area contributed by atoms with E-state index in [-0.39, 0.29) is 0 Å². The standard InChI is InChI=1S/C12H11F3N2O6/c13-12(14,15)3-2-11(22)8(20)6(5-18)23-9(11)17-4-1-7(19)16-10(17)21/h1,4,6,8-9,18,20,22H,5H2,(H,16,19,21)/t6-,8-,9-,11-/m1/s1. The van der Waals surface area contributed by atoms with Gasteiger partial charge in [0.2, 0.25) is 0 Å². The number of halogens is 3. The molecule has 126 valence electrons. The summed E-state index contributed by atoms with van der Waals surface area (Å²) in [7, 11) is 0. The van der Waals surface area contributed by atoms with E-state index in [0.717, 1.165) is 18.2 Å². The Balaban J connectivity index is 2.56. The van der Waals surface area contributed by atoms with Gasteiger partial charge < -0.3 is 20.1 Å². The molecule has 1 aliphatic heterocycles. The highest BCUT2D eigenvalue weighted by molar-refractivity contribution is 5.24. The summed E-state index contributed by atoms with van der Waals surface area (Å²) in [5.41, 5.74) is -4.71. The van der Waals surface area contributed by atoms with Gasteiger partial charge in [-0.05, 0) is 0 Å². The molecule has 0 unspecified atom stereocenters. The highest BCUT2D eigenvalue weighted by Crippen LogP contribution is 2.37. The van der Waals surface area contributed by atoms with Gasteiger partial charge in [-0.3, -0.25) is 14.3 Å². The maximum Gasteiger partial charge on any atom is 0.457 e. The number of alkyl halides is 3. The van der Waals surface area contributed by atoms with Crippen molar-refractivity contribution in [3.8, 4) is 11.8 Å². The second kappa shape index (κ2) is 5.82. The molecule has 0 amide bonds. The summed E-state index contributed by atoms with van der Waals surface area (Å²) in [6.07, 6.45) is -9.47. The lowest BCUT2D eigenvalue weighted by Crippen LogP contribution is -2.48. The largest absolute Gasteiger partial charge is 0.457 e. The molecule has 0 aromatic carbocycles. The molecule has 4 N–H and O–H groups in total. The van der Waals surface area contributed by atoms with Crippen LogP contribution in [0.1, 0.15) is 6.23 Å². The Labute approximate surface area is 125 Å². The molecule has 1 aromatic heterocycles. The molecule has 0 aliphatic carbocycles. The van der Waals surface area contributed by atoms with E-state index in [1.807, 2.05) is 4.98 Å². The Hall–Kier alpha value is -2.13. The number of aromatic nitrogens is 2. The van der Waals surface area contributed by atoms with Gasteiger partial charge in [-0.15, -0.1) is 0 Å². The van der Waals surface area contributed by atoms with E-state index in [2.05, 4.69) is 0 Å². The van der Waals surface area contributed by atoms with Crippen molar-refractivity contribution in [2.24, 2.45) is 0 Å². The van der Waals surface area contributed by atoms with Gasteiger partial charge in [-0.2, -0.15) is 13.2 Å². The van der Waals surface area contributed by atoms with Crippen molar-refractivity contribution < 1.29 is 33.2 Å². The van der Waals surface area contributed by atoms with Crippen molar-refractivity contribution in [3.05, 3.63) is 33.1 Å². The van der Waals surface area contributed by atoms with E-state index in [1.165, 1.54) is 5.92 Å². The Kier molecular flexibility index (Phi) is 4.36. The SMILES string of the molecule is O=c1ccn([C@@H]2O[C@H](CO)[C@@H](O)[C@]2(O)C#CC(F)(F)F)c(=O)[nH]1. The zero-order valence-electron chi connectivity index (χ0n) is 11.2. The van der Waals surface area contributed by atoms with Crippen LogP contribution in [-0.4, -0.2) is 55.5 Å². The monoisotopic (exact) mass is 336 g/mol. The van der Waals surface area contributed by atoms with Gasteiger partial charge in [0.25, 0.3) is 5.56 Å². The molecular formula is C12H11F3N2O6. The van der Waals surface area contributed by atoms with Crippen LogP contribution in [0.5, 0.6) is 0 Å². The fourth-order valence-corrected chi connectivity index (χ4v) is 2.11. The third-order valence-corrected chi connectivity index (χ3v) is 3.17. The fraction of sp³-hybridized carbons (Fsp3) is 0.500. The van der Waals surface area contributed by atoms with Crippen LogP contribution in [0.4, 0.5) is 13.2 Å². The summed E-state index contributed by atoms with van der Waals surface area (Å²) < 4.78 is 42.4. The second-order valence-corrected chi connectivity index (χ2v) is 4.74. The Bertz CT molecular complexity index is 761. The first-order chi connectivity index (χ1) is 10.6. The van der Waals surface area contributed by atoms with Crippen LogP contribution in [0.3, 0.4) is 0 Å². The number of rotatable bonds is 2. The molecule has 8 nitrogen and oxygen atoms in total. The van der Waals surface area contributed by atoms with Gasteiger partial charge in [0.1, 0.15) is 12.2 Å². The first kappa shape index (κ1) is 17.2. The van der Waals surface area contributed by atoms with Gasteiger partial charge in [-0.1, -0.05) is 5.92 Å². The van der Waals surface area contributed by atoms with E-state index < -0.39 is 48.1 Å². The summed E-state index contributed by atoms with van der Waals surface area (Å²) in [6, 6.07) is 0.862. The van der Waals surface area contributed by atoms with Gasteiger partial charge in [0, 0.05) is 18.2 Å².